The Morgan fingerprint density at radius 2 is 1.67 bits per heavy atom. The predicted molar refractivity (Wildman–Crippen MR) is 115 cm³/mol. The van der Waals surface area contributed by atoms with E-state index >= 15 is 0 Å². The molecule has 0 N–H and O–H groups in total. The van der Waals surface area contributed by atoms with Gasteiger partial charge < -0.3 is 19.3 Å². The largest absolute Gasteiger partial charge is 0.497 e. The summed E-state index contributed by atoms with van der Waals surface area (Å²) in [5.41, 5.74) is 1.89. The Hall–Kier alpha value is -3.61. The molecule has 0 aliphatic carbocycles. The van der Waals surface area contributed by atoms with Crippen LogP contribution in [-0.2, 0) is 4.79 Å². The van der Waals surface area contributed by atoms with Crippen LogP contribution >= 0.6 is 0 Å². The quantitative estimate of drug-likeness (QED) is 0.629. The first-order chi connectivity index (χ1) is 14.7. The Kier molecular flexibility index (Phi) is 6.08. The number of hydrogen-bond acceptors (Lipinski definition) is 6. The molecule has 1 amide bonds. The molecule has 0 saturated carbocycles. The van der Waals surface area contributed by atoms with E-state index in [-0.39, 0.29) is 12.5 Å². The summed E-state index contributed by atoms with van der Waals surface area (Å²) < 4.78 is 10.8. The monoisotopic (exact) mass is 404 g/mol. The van der Waals surface area contributed by atoms with E-state index in [1.54, 1.807) is 13.2 Å². The zero-order valence-corrected chi connectivity index (χ0v) is 16.9. The van der Waals surface area contributed by atoms with Gasteiger partial charge in [0.2, 0.25) is 0 Å². The molecule has 1 fully saturated rings. The molecular formula is C23H24N4O3. The molecule has 1 aromatic heterocycles. The SMILES string of the molecule is COc1cccc(OCC(=O)N2CCN(c3ccc(-c4ccccc4)nn3)CC2)c1. The minimum Gasteiger partial charge on any atom is -0.497 e. The minimum absolute atomic E-state index is 0.0126. The van der Waals surface area contributed by atoms with Crippen molar-refractivity contribution in [1.82, 2.24) is 15.1 Å². The van der Waals surface area contributed by atoms with Crippen molar-refractivity contribution >= 4 is 11.7 Å². The fourth-order valence-corrected chi connectivity index (χ4v) is 3.37. The third-order valence-corrected chi connectivity index (χ3v) is 5.08. The van der Waals surface area contributed by atoms with Gasteiger partial charge in [-0.25, -0.2) is 0 Å². The van der Waals surface area contributed by atoms with E-state index in [2.05, 4.69) is 15.1 Å². The van der Waals surface area contributed by atoms with Crippen molar-refractivity contribution < 1.29 is 14.3 Å². The first-order valence-electron chi connectivity index (χ1n) is 9.91. The van der Waals surface area contributed by atoms with E-state index in [4.69, 9.17) is 9.47 Å². The van der Waals surface area contributed by atoms with Gasteiger partial charge in [-0.15, -0.1) is 10.2 Å². The van der Waals surface area contributed by atoms with Crippen molar-refractivity contribution in [2.75, 3.05) is 44.8 Å². The molecule has 1 aliphatic heterocycles. The second kappa shape index (κ2) is 9.26. The zero-order valence-electron chi connectivity index (χ0n) is 16.9. The molecule has 7 heteroatoms. The number of amides is 1. The second-order valence-electron chi connectivity index (χ2n) is 6.98. The van der Waals surface area contributed by atoms with E-state index in [9.17, 15) is 4.79 Å². The number of hydrogen-bond donors (Lipinski definition) is 0. The van der Waals surface area contributed by atoms with Crippen LogP contribution in [0.4, 0.5) is 5.82 Å². The van der Waals surface area contributed by atoms with Gasteiger partial charge in [-0.2, -0.15) is 0 Å². The zero-order chi connectivity index (χ0) is 20.8. The van der Waals surface area contributed by atoms with E-state index in [0.717, 1.165) is 17.1 Å². The lowest BCUT2D eigenvalue weighted by Crippen LogP contribution is -2.50. The third kappa shape index (κ3) is 4.68. The first kappa shape index (κ1) is 19.7. The van der Waals surface area contributed by atoms with Crippen LogP contribution in [0.5, 0.6) is 11.5 Å². The standard InChI is InChI=1S/C23H24N4O3/c1-29-19-8-5-9-20(16-19)30-17-23(28)27-14-12-26(13-15-27)22-11-10-21(24-25-22)18-6-3-2-4-7-18/h2-11,16H,12-15,17H2,1H3. The van der Waals surface area contributed by atoms with Gasteiger partial charge in [0, 0.05) is 37.8 Å². The molecule has 2 aromatic carbocycles. The topological polar surface area (TPSA) is 67.8 Å². The van der Waals surface area contributed by atoms with Crippen LogP contribution in [0.15, 0.2) is 66.7 Å². The molecule has 0 unspecified atom stereocenters. The van der Waals surface area contributed by atoms with Crippen molar-refractivity contribution in [3.63, 3.8) is 0 Å². The second-order valence-corrected chi connectivity index (χ2v) is 6.98. The average Bonchev–Trinajstić information content (AvgIpc) is 2.83. The van der Waals surface area contributed by atoms with Gasteiger partial charge in [0.25, 0.3) is 5.91 Å². The normalized spacial score (nSPS) is 13.8. The molecule has 4 rings (SSSR count). The molecule has 0 bridgehead atoms. The third-order valence-electron chi connectivity index (χ3n) is 5.08. The maximum absolute atomic E-state index is 12.5. The molecule has 0 atom stereocenters. The minimum atomic E-state index is -0.0250. The fraction of sp³-hybridized carbons (Fsp3) is 0.261. The molecule has 30 heavy (non-hydrogen) atoms. The van der Waals surface area contributed by atoms with E-state index in [1.165, 1.54) is 0 Å². The summed E-state index contributed by atoms with van der Waals surface area (Å²) in [4.78, 5) is 16.5. The molecule has 1 saturated heterocycles. The highest BCUT2D eigenvalue weighted by Crippen LogP contribution is 2.20. The van der Waals surface area contributed by atoms with Crippen LogP contribution in [0.1, 0.15) is 0 Å². The van der Waals surface area contributed by atoms with E-state index in [1.807, 2.05) is 65.6 Å². The number of carbonyl (C=O) groups is 1. The number of nitrogens with zero attached hydrogens (tertiary/aromatic N) is 4. The Morgan fingerprint density at radius 1 is 0.900 bits per heavy atom. The van der Waals surface area contributed by atoms with Crippen molar-refractivity contribution in [2.45, 2.75) is 0 Å². The average molecular weight is 404 g/mol. The number of ether oxygens (including phenoxy) is 2. The van der Waals surface area contributed by atoms with Crippen LogP contribution in [-0.4, -0.2) is 60.9 Å². The van der Waals surface area contributed by atoms with E-state index in [0.29, 0.717) is 37.7 Å². The van der Waals surface area contributed by atoms with Crippen LogP contribution in [0.2, 0.25) is 0 Å². The number of benzene rings is 2. The molecular weight excluding hydrogens is 380 g/mol. The van der Waals surface area contributed by atoms with Gasteiger partial charge in [-0.1, -0.05) is 36.4 Å². The number of aromatic nitrogens is 2. The van der Waals surface area contributed by atoms with Gasteiger partial charge in [-0.3, -0.25) is 4.79 Å². The van der Waals surface area contributed by atoms with Gasteiger partial charge >= 0.3 is 0 Å². The van der Waals surface area contributed by atoms with Crippen LogP contribution in [0.25, 0.3) is 11.3 Å². The smallest absolute Gasteiger partial charge is 0.260 e. The lowest BCUT2D eigenvalue weighted by molar-refractivity contribution is -0.133. The fourth-order valence-electron chi connectivity index (χ4n) is 3.37. The summed E-state index contributed by atoms with van der Waals surface area (Å²) >= 11 is 0. The molecule has 3 aromatic rings. The maximum atomic E-state index is 12.5. The lowest BCUT2D eigenvalue weighted by Gasteiger charge is -2.35. The van der Waals surface area contributed by atoms with Crippen LogP contribution < -0.4 is 14.4 Å². The van der Waals surface area contributed by atoms with E-state index < -0.39 is 0 Å². The van der Waals surface area contributed by atoms with Gasteiger partial charge in [0.15, 0.2) is 12.4 Å². The predicted octanol–water partition coefficient (Wildman–Crippen LogP) is 2.88. The molecule has 1 aliphatic rings. The summed E-state index contributed by atoms with van der Waals surface area (Å²) in [7, 11) is 1.60. The number of rotatable bonds is 6. The van der Waals surface area contributed by atoms with Crippen molar-refractivity contribution in [3.05, 3.63) is 66.7 Å². The number of anilines is 1. The van der Waals surface area contributed by atoms with Gasteiger partial charge in [0.1, 0.15) is 11.5 Å². The highest BCUT2D eigenvalue weighted by Gasteiger charge is 2.22. The van der Waals surface area contributed by atoms with Gasteiger partial charge in [-0.05, 0) is 24.3 Å². The lowest BCUT2D eigenvalue weighted by atomic mass is 10.1. The molecule has 154 valence electrons. The van der Waals surface area contributed by atoms with Crippen molar-refractivity contribution in [1.29, 1.82) is 0 Å². The first-order valence-corrected chi connectivity index (χ1v) is 9.91. The number of piperazine rings is 1. The van der Waals surface area contributed by atoms with Crippen molar-refractivity contribution in [3.8, 4) is 22.8 Å². The molecule has 0 spiro atoms. The van der Waals surface area contributed by atoms with Crippen LogP contribution in [0.3, 0.4) is 0 Å². The van der Waals surface area contributed by atoms with Gasteiger partial charge in [0.05, 0.1) is 12.8 Å². The summed E-state index contributed by atoms with van der Waals surface area (Å²) in [6.07, 6.45) is 0. The Labute approximate surface area is 175 Å². The highest BCUT2D eigenvalue weighted by molar-refractivity contribution is 5.78. The Morgan fingerprint density at radius 3 is 2.37 bits per heavy atom. The molecule has 0 radical (unpaired) electrons. The number of carbonyl (C=O) groups excluding carboxylic acids is 1. The highest BCUT2D eigenvalue weighted by atomic mass is 16.5. The van der Waals surface area contributed by atoms with Crippen molar-refractivity contribution in [2.24, 2.45) is 0 Å². The maximum Gasteiger partial charge on any atom is 0.260 e. The summed E-state index contributed by atoms with van der Waals surface area (Å²) in [6, 6.07) is 21.2. The summed E-state index contributed by atoms with van der Waals surface area (Å²) in [5.74, 6) is 2.13. The summed E-state index contributed by atoms with van der Waals surface area (Å²) in [5, 5.41) is 8.73. The number of methoxy groups -OCH3 is 1. The molecule has 2 heterocycles. The van der Waals surface area contributed by atoms with Crippen LogP contribution in [0, 0.1) is 0 Å². The molecule has 7 nitrogen and oxygen atoms in total. The summed E-state index contributed by atoms with van der Waals surface area (Å²) in [6.45, 7) is 2.69. The Bertz CT molecular complexity index is 971. The Balaban J connectivity index is 1.28.